The summed E-state index contributed by atoms with van der Waals surface area (Å²) in [5.74, 6) is 1.67. The number of nitrogens with one attached hydrogen (secondary N) is 1. The van der Waals surface area contributed by atoms with Crippen molar-refractivity contribution >= 4 is 34.0 Å². The van der Waals surface area contributed by atoms with Crippen molar-refractivity contribution in [2.75, 3.05) is 16.8 Å². The number of benzene rings is 3. The van der Waals surface area contributed by atoms with Gasteiger partial charge in [-0.3, -0.25) is 0 Å². The van der Waals surface area contributed by atoms with Crippen LogP contribution in [-0.2, 0) is 18.3 Å². The number of para-hydroxylation sites is 2. The summed E-state index contributed by atoms with van der Waals surface area (Å²) >= 11 is 0. The molecule has 2 heterocycles. The number of anilines is 4. The molecule has 4 heteroatoms. The Morgan fingerprint density at radius 2 is 1.47 bits per heavy atom. The molecule has 0 radical (unpaired) electrons. The van der Waals surface area contributed by atoms with E-state index < -0.39 is 0 Å². The van der Waals surface area contributed by atoms with E-state index in [1.165, 1.54) is 22.4 Å². The third kappa shape index (κ3) is 3.50. The predicted octanol–water partition coefficient (Wildman–Crippen LogP) is 6.93. The molecule has 0 saturated carbocycles. The summed E-state index contributed by atoms with van der Waals surface area (Å²) < 4.78 is 0. The van der Waals surface area contributed by atoms with Gasteiger partial charge in [-0.1, -0.05) is 64.1 Å². The van der Waals surface area contributed by atoms with Crippen LogP contribution in [0.1, 0.15) is 44.4 Å². The summed E-state index contributed by atoms with van der Waals surface area (Å²) in [6, 6.07) is 23.3. The zero-order chi connectivity index (χ0) is 22.3. The second kappa shape index (κ2) is 7.94. The van der Waals surface area contributed by atoms with Gasteiger partial charge in [0.25, 0.3) is 0 Å². The highest BCUT2D eigenvalue weighted by atomic mass is 15.3. The van der Waals surface area contributed by atoms with Crippen molar-refractivity contribution in [2.45, 2.75) is 46.0 Å². The zero-order valence-corrected chi connectivity index (χ0v) is 19.3. The zero-order valence-electron chi connectivity index (χ0n) is 19.3. The van der Waals surface area contributed by atoms with Gasteiger partial charge in [0.1, 0.15) is 0 Å². The number of fused-ring (bicyclic) bond motifs is 2. The van der Waals surface area contributed by atoms with Gasteiger partial charge in [-0.05, 0) is 59.9 Å². The first-order chi connectivity index (χ1) is 15.5. The van der Waals surface area contributed by atoms with Crippen molar-refractivity contribution in [3.8, 4) is 0 Å². The molecule has 32 heavy (non-hydrogen) atoms. The lowest BCUT2D eigenvalue weighted by atomic mass is 9.87. The van der Waals surface area contributed by atoms with Crippen LogP contribution < -0.4 is 10.2 Å². The van der Waals surface area contributed by atoms with Gasteiger partial charge in [-0.25, -0.2) is 9.97 Å². The Morgan fingerprint density at radius 1 is 0.844 bits per heavy atom. The van der Waals surface area contributed by atoms with E-state index in [2.05, 4.69) is 86.4 Å². The minimum atomic E-state index is 0.0396. The number of aromatic nitrogens is 2. The van der Waals surface area contributed by atoms with E-state index >= 15 is 0 Å². The molecule has 0 amide bonds. The molecule has 162 valence electrons. The molecular weight excluding hydrogens is 392 g/mol. The van der Waals surface area contributed by atoms with Crippen LogP contribution in [0.5, 0.6) is 0 Å². The Hall–Kier alpha value is -3.40. The van der Waals surface area contributed by atoms with Gasteiger partial charge in [0.05, 0.1) is 11.0 Å². The molecule has 3 aromatic carbocycles. The molecule has 4 nitrogen and oxygen atoms in total. The molecule has 0 unspecified atom stereocenters. The molecule has 5 rings (SSSR count). The van der Waals surface area contributed by atoms with Crippen molar-refractivity contribution in [1.82, 2.24) is 9.97 Å². The molecule has 1 aliphatic heterocycles. The summed E-state index contributed by atoms with van der Waals surface area (Å²) in [5.41, 5.74) is 8.20. The lowest BCUT2D eigenvalue weighted by molar-refractivity contribution is 0.568. The Labute approximate surface area is 190 Å². The standard InChI is InChI=1S/C28H30N4/c1-5-19-16-23-24(17-20(19)6-2)31-27(26(30-23)29-21-12-8-7-9-13-21)32-18-28(3,4)22-14-10-11-15-25(22)32/h7-17H,5-6,18H2,1-4H3,(H,29,30). The second-order valence-corrected chi connectivity index (χ2v) is 9.19. The van der Waals surface area contributed by atoms with E-state index in [1.807, 2.05) is 18.2 Å². The summed E-state index contributed by atoms with van der Waals surface area (Å²) in [6.07, 6.45) is 2.00. The van der Waals surface area contributed by atoms with Crippen LogP contribution in [0, 0.1) is 0 Å². The van der Waals surface area contributed by atoms with Gasteiger partial charge in [-0.2, -0.15) is 0 Å². The molecule has 0 bridgehead atoms. The third-order valence-corrected chi connectivity index (χ3v) is 6.50. The van der Waals surface area contributed by atoms with Crippen molar-refractivity contribution in [3.63, 3.8) is 0 Å². The van der Waals surface area contributed by atoms with Gasteiger partial charge in [0.15, 0.2) is 11.6 Å². The average molecular weight is 423 g/mol. The first-order valence-corrected chi connectivity index (χ1v) is 11.5. The molecule has 1 N–H and O–H groups in total. The fourth-order valence-electron chi connectivity index (χ4n) is 4.80. The topological polar surface area (TPSA) is 41.1 Å². The highest BCUT2D eigenvalue weighted by Crippen LogP contribution is 2.45. The Morgan fingerprint density at radius 3 is 2.16 bits per heavy atom. The maximum Gasteiger partial charge on any atom is 0.177 e. The molecule has 4 aromatic rings. The quantitative estimate of drug-likeness (QED) is 0.379. The van der Waals surface area contributed by atoms with Crippen LogP contribution in [-0.4, -0.2) is 16.5 Å². The van der Waals surface area contributed by atoms with Gasteiger partial charge in [-0.15, -0.1) is 0 Å². The van der Waals surface area contributed by atoms with Gasteiger partial charge in [0, 0.05) is 23.3 Å². The van der Waals surface area contributed by atoms with Crippen molar-refractivity contribution in [3.05, 3.63) is 83.4 Å². The lowest BCUT2D eigenvalue weighted by Crippen LogP contribution is -2.26. The highest BCUT2D eigenvalue weighted by Gasteiger charge is 2.37. The molecule has 0 atom stereocenters. The number of rotatable bonds is 5. The molecule has 0 aliphatic carbocycles. The second-order valence-electron chi connectivity index (χ2n) is 9.19. The minimum absolute atomic E-state index is 0.0396. The first kappa shape index (κ1) is 20.5. The van der Waals surface area contributed by atoms with E-state index in [0.717, 1.165) is 47.7 Å². The fourth-order valence-corrected chi connectivity index (χ4v) is 4.80. The lowest BCUT2D eigenvalue weighted by Gasteiger charge is -2.24. The third-order valence-electron chi connectivity index (χ3n) is 6.50. The van der Waals surface area contributed by atoms with Crippen LogP contribution in [0.4, 0.5) is 23.0 Å². The molecule has 0 spiro atoms. The van der Waals surface area contributed by atoms with E-state index in [4.69, 9.17) is 9.97 Å². The van der Waals surface area contributed by atoms with E-state index in [-0.39, 0.29) is 5.41 Å². The maximum atomic E-state index is 5.20. The first-order valence-electron chi connectivity index (χ1n) is 11.5. The van der Waals surface area contributed by atoms with Crippen molar-refractivity contribution in [2.24, 2.45) is 0 Å². The maximum absolute atomic E-state index is 5.20. The summed E-state index contributed by atoms with van der Waals surface area (Å²) in [7, 11) is 0. The van der Waals surface area contributed by atoms with E-state index in [9.17, 15) is 0 Å². The smallest absolute Gasteiger partial charge is 0.177 e. The van der Waals surface area contributed by atoms with Crippen LogP contribution in [0.3, 0.4) is 0 Å². The summed E-state index contributed by atoms with van der Waals surface area (Å²) in [4.78, 5) is 12.6. The van der Waals surface area contributed by atoms with E-state index in [1.54, 1.807) is 0 Å². The highest BCUT2D eigenvalue weighted by molar-refractivity contribution is 5.86. The number of nitrogens with zero attached hydrogens (tertiary/aromatic N) is 3. The fraction of sp³-hybridized carbons (Fsp3) is 0.286. The molecule has 0 fully saturated rings. The number of hydrogen-bond acceptors (Lipinski definition) is 4. The number of aryl methyl sites for hydroxylation is 2. The van der Waals surface area contributed by atoms with Crippen LogP contribution in [0.15, 0.2) is 66.7 Å². The number of hydrogen-bond donors (Lipinski definition) is 1. The van der Waals surface area contributed by atoms with E-state index in [0.29, 0.717) is 0 Å². The van der Waals surface area contributed by atoms with Crippen LogP contribution in [0.2, 0.25) is 0 Å². The largest absolute Gasteiger partial charge is 0.337 e. The monoisotopic (exact) mass is 422 g/mol. The molecular formula is C28H30N4. The van der Waals surface area contributed by atoms with Crippen molar-refractivity contribution < 1.29 is 0 Å². The molecule has 1 aliphatic rings. The normalized spacial score (nSPS) is 14.6. The van der Waals surface area contributed by atoms with Crippen LogP contribution in [0.25, 0.3) is 11.0 Å². The van der Waals surface area contributed by atoms with Gasteiger partial charge in [0.2, 0.25) is 0 Å². The van der Waals surface area contributed by atoms with Crippen molar-refractivity contribution in [1.29, 1.82) is 0 Å². The summed E-state index contributed by atoms with van der Waals surface area (Å²) in [6.45, 7) is 9.87. The minimum Gasteiger partial charge on any atom is -0.337 e. The predicted molar refractivity (Wildman–Crippen MR) is 134 cm³/mol. The van der Waals surface area contributed by atoms with Gasteiger partial charge < -0.3 is 10.2 Å². The average Bonchev–Trinajstić information content (AvgIpc) is 3.09. The molecule has 0 saturated heterocycles. The summed E-state index contributed by atoms with van der Waals surface area (Å²) in [5, 5.41) is 3.55. The Balaban J connectivity index is 1.72. The Bertz CT molecular complexity index is 1280. The molecule has 1 aromatic heterocycles. The van der Waals surface area contributed by atoms with Crippen LogP contribution >= 0.6 is 0 Å². The van der Waals surface area contributed by atoms with Gasteiger partial charge >= 0.3 is 0 Å². The Kier molecular flexibility index (Phi) is 5.09. The SMILES string of the molecule is CCc1cc2nc(Nc3ccccc3)c(N3CC(C)(C)c4ccccc43)nc2cc1CC.